The van der Waals surface area contributed by atoms with E-state index in [4.69, 9.17) is 4.74 Å². The Kier molecular flexibility index (Phi) is 7.21. The van der Waals surface area contributed by atoms with Crippen LogP contribution in [0.2, 0.25) is 0 Å². The summed E-state index contributed by atoms with van der Waals surface area (Å²) in [6.45, 7) is 3.58. The Morgan fingerprint density at radius 2 is 1.69 bits per heavy atom. The number of amides is 1. The third kappa shape index (κ3) is 6.24. The highest BCUT2D eigenvalue weighted by Crippen LogP contribution is 2.20. The Morgan fingerprint density at radius 1 is 1.04 bits per heavy atom. The van der Waals surface area contributed by atoms with Crippen LogP contribution in [0, 0.1) is 0 Å². The maximum atomic E-state index is 12.4. The molecule has 0 radical (unpaired) electrons. The molecule has 0 saturated carbocycles. The fourth-order valence-electron chi connectivity index (χ4n) is 2.65. The Morgan fingerprint density at radius 3 is 2.35 bits per heavy atom. The SMILES string of the molecule is CC(C)OC(=O)C[C@@H](NC(=O)CCc1ccccc1O)c1ccccc1. The summed E-state index contributed by atoms with van der Waals surface area (Å²) in [6, 6.07) is 15.9. The number of carbonyl (C=O) groups excluding carboxylic acids is 2. The zero-order chi connectivity index (χ0) is 18.9. The Bertz CT molecular complexity index is 728. The number of aryl methyl sites for hydroxylation is 1. The molecule has 0 spiro atoms. The van der Waals surface area contributed by atoms with Gasteiger partial charge in [-0.15, -0.1) is 0 Å². The number of hydrogen-bond donors (Lipinski definition) is 2. The number of hydrogen-bond acceptors (Lipinski definition) is 4. The van der Waals surface area contributed by atoms with Gasteiger partial charge in [0.25, 0.3) is 0 Å². The summed E-state index contributed by atoms with van der Waals surface area (Å²) < 4.78 is 5.21. The number of aromatic hydroxyl groups is 1. The van der Waals surface area contributed by atoms with Gasteiger partial charge in [0, 0.05) is 6.42 Å². The van der Waals surface area contributed by atoms with E-state index in [-0.39, 0.29) is 36.6 Å². The molecule has 0 saturated heterocycles. The Hall–Kier alpha value is -2.82. The molecule has 2 aromatic carbocycles. The van der Waals surface area contributed by atoms with Crippen molar-refractivity contribution in [3.05, 3.63) is 65.7 Å². The van der Waals surface area contributed by atoms with Crippen LogP contribution in [0.5, 0.6) is 5.75 Å². The van der Waals surface area contributed by atoms with Crippen LogP contribution in [0.4, 0.5) is 0 Å². The highest BCUT2D eigenvalue weighted by molar-refractivity contribution is 5.78. The van der Waals surface area contributed by atoms with Gasteiger partial charge < -0.3 is 15.2 Å². The lowest BCUT2D eigenvalue weighted by atomic mass is 10.0. The average molecular weight is 355 g/mol. The van der Waals surface area contributed by atoms with Crippen LogP contribution < -0.4 is 5.32 Å². The molecular weight excluding hydrogens is 330 g/mol. The van der Waals surface area contributed by atoms with E-state index < -0.39 is 6.04 Å². The number of carbonyl (C=O) groups is 2. The van der Waals surface area contributed by atoms with Crippen molar-refractivity contribution in [2.75, 3.05) is 0 Å². The molecule has 2 rings (SSSR count). The minimum Gasteiger partial charge on any atom is -0.508 e. The van der Waals surface area contributed by atoms with E-state index in [1.165, 1.54) is 0 Å². The highest BCUT2D eigenvalue weighted by Gasteiger charge is 2.20. The molecule has 0 bridgehead atoms. The molecule has 0 aromatic heterocycles. The molecule has 138 valence electrons. The summed E-state index contributed by atoms with van der Waals surface area (Å²) in [6.07, 6.45) is 0.525. The van der Waals surface area contributed by atoms with E-state index in [0.29, 0.717) is 6.42 Å². The first-order valence-electron chi connectivity index (χ1n) is 8.76. The lowest BCUT2D eigenvalue weighted by molar-refractivity contribution is -0.148. The van der Waals surface area contributed by atoms with Crippen LogP contribution in [0.3, 0.4) is 0 Å². The Labute approximate surface area is 154 Å². The van der Waals surface area contributed by atoms with Crippen LogP contribution in [0.1, 0.15) is 43.9 Å². The zero-order valence-electron chi connectivity index (χ0n) is 15.1. The summed E-state index contributed by atoms with van der Waals surface area (Å²) in [5.41, 5.74) is 1.57. The van der Waals surface area contributed by atoms with E-state index in [2.05, 4.69) is 5.32 Å². The first-order chi connectivity index (χ1) is 12.5. The first-order valence-corrected chi connectivity index (χ1v) is 8.76. The largest absolute Gasteiger partial charge is 0.508 e. The average Bonchev–Trinajstić information content (AvgIpc) is 2.60. The molecule has 1 atom stereocenters. The molecule has 0 unspecified atom stereocenters. The molecular formula is C21H25NO4. The third-order valence-corrected chi connectivity index (χ3v) is 3.89. The summed E-state index contributed by atoms with van der Waals surface area (Å²) in [5.74, 6) is -0.352. The van der Waals surface area contributed by atoms with Crippen LogP contribution >= 0.6 is 0 Å². The van der Waals surface area contributed by atoms with Crippen LogP contribution in [-0.4, -0.2) is 23.1 Å². The van der Waals surface area contributed by atoms with Gasteiger partial charge in [0.1, 0.15) is 5.75 Å². The normalized spacial score (nSPS) is 11.8. The van der Waals surface area contributed by atoms with E-state index in [1.807, 2.05) is 36.4 Å². The summed E-state index contributed by atoms with van der Waals surface area (Å²) >= 11 is 0. The van der Waals surface area contributed by atoms with Gasteiger partial charge in [0.05, 0.1) is 18.6 Å². The van der Waals surface area contributed by atoms with Crippen LogP contribution in [-0.2, 0) is 20.7 Å². The lowest BCUT2D eigenvalue weighted by Crippen LogP contribution is -2.31. The number of nitrogens with one attached hydrogen (secondary N) is 1. The molecule has 0 aliphatic rings. The molecule has 0 aliphatic carbocycles. The minimum atomic E-state index is -0.445. The fourth-order valence-corrected chi connectivity index (χ4v) is 2.65. The van der Waals surface area contributed by atoms with Crippen molar-refractivity contribution >= 4 is 11.9 Å². The van der Waals surface area contributed by atoms with Crippen molar-refractivity contribution in [3.63, 3.8) is 0 Å². The number of esters is 1. The number of phenols is 1. The second kappa shape index (κ2) is 9.61. The van der Waals surface area contributed by atoms with Gasteiger partial charge in [-0.2, -0.15) is 0 Å². The number of ether oxygens (including phenoxy) is 1. The standard InChI is InChI=1S/C21H25NO4/c1-15(2)26-21(25)14-18(16-8-4-3-5-9-16)22-20(24)13-12-17-10-6-7-11-19(17)23/h3-11,15,18,23H,12-14H2,1-2H3,(H,22,24)/t18-/m1/s1. The molecule has 5 nitrogen and oxygen atoms in total. The minimum absolute atomic E-state index is 0.0739. The van der Waals surface area contributed by atoms with Gasteiger partial charge in [-0.3, -0.25) is 9.59 Å². The second-order valence-corrected chi connectivity index (χ2v) is 6.40. The predicted molar refractivity (Wildman–Crippen MR) is 99.6 cm³/mol. The Balaban J connectivity index is 2.00. The molecule has 2 N–H and O–H groups in total. The van der Waals surface area contributed by atoms with Gasteiger partial charge in [0.2, 0.25) is 5.91 Å². The van der Waals surface area contributed by atoms with Crippen molar-refractivity contribution in [1.82, 2.24) is 5.32 Å². The molecule has 0 fully saturated rings. The maximum absolute atomic E-state index is 12.4. The third-order valence-electron chi connectivity index (χ3n) is 3.89. The fraction of sp³-hybridized carbons (Fsp3) is 0.333. The number of benzene rings is 2. The van der Waals surface area contributed by atoms with E-state index >= 15 is 0 Å². The van der Waals surface area contributed by atoms with E-state index in [1.54, 1.807) is 32.0 Å². The monoisotopic (exact) mass is 355 g/mol. The molecule has 26 heavy (non-hydrogen) atoms. The molecule has 1 amide bonds. The maximum Gasteiger partial charge on any atom is 0.308 e. The quantitative estimate of drug-likeness (QED) is 0.711. The smallest absolute Gasteiger partial charge is 0.308 e. The number of rotatable bonds is 8. The van der Waals surface area contributed by atoms with Gasteiger partial charge in [-0.1, -0.05) is 48.5 Å². The second-order valence-electron chi connectivity index (χ2n) is 6.40. The highest BCUT2D eigenvalue weighted by atomic mass is 16.5. The van der Waals surface area contributed by atoms with Crippen LogP contribution in [0.25, 0.3) is 0 Å². The molecule has 5 heteroatoms. The summed E-state index contributed by atoms with van der Waals surface area (Å²) in [4.78, 5) is 24.4. The van der Waals surface area contributed by atoms with Gasteiger partial charge in [0.15, 0.2) is 0 Å². The summed E-state index contributed by atoms with van der Waals surface area (Å²) in [5, 5.41) is 12.7. The van der Waals surface area contributed by atoms with Crippen LogP contribution in [0.15, 0.2) is 54.6 Å². The van der Waals surface area contributed by atoms with Crippen molar-refractivity contribution in [1.29, 1.82) is 0 Å². The topological polar surface area (TPSA) is 75.6 Å². The zero-order valence-corrected chi connectivity index (χ0v) is 15.1. The van der Waals surface area contributed by atoms with Gasteiger partial charge in [-0.05, 0) is 37.5 Å². The summed E-state index contributed by atoms with van der Waals surface area (Å²) in [7, 11) is 0. The molecule has 0 heterocycles. The number of phenolic OH excluding ortho intramolecular Hbond substituents is 1. The lowest BCUT2D eigenvalue weighted by Gasteiger charge is -2.19. The van der Waals surface area contributed by atoms with E-state index in [0.717, 1.165) is 11.1 Å². The van der Waals surface area contributed by atoms with Crippen molar-refractivity contribution in [2.24, 2.45) is 0 Å². The van der Waals surface area contributed by atoms with E-state index in [9.17, 15) is 14.7 Å². The molecule has 0 aliphatic heterocycles. The van der Waals surface area contributed by atoms with Crippen molar-refractivity contribution in [3.8, 4) is 5.75 Å². The van der Waals surface area contributed by atoms with Crippen molar-refractivity contribution in [2.45, 2.75) is 45.3 Å². The molecule has 2 aromatic rings. The van der Waals surface area contributed by atoms with Crippen molar-refractivity contribution < 1.29 is 19.4 Å². The number of para-hydroxylation sites is 1. The van der Waals surface area contributed by atoms with Gasteiger partial charge >= 0.3 is 5.97 Å². The predicted octanol–water partition coefficient (Wildman–Crippen LogP) is 3.52. The van der Waals surface area contributed by atoms with Gasteiger partial charge in [-0.25, -0.2) is 0 Å². The first kappa shape index (κ1) is 19.5.